The van der Waals surface area contributed by atoms with E-state index in [4.69, 9.17) is 0 Å². The third-order valence-corrected chi connectivity index (χ3v) is 7.37. The van der Waals surface area contributed by atoms with Crippen LogP contribution >= 0.6 is 0 Å². The van der Waals surface area contributed by atoms with Gasteiger partial charge in [0.15, 0.2) is 0 Å². The number of halogens is 6. The molecule has 0 N–H and O–H groups in total. The molecule has 0 fully saturated rings. The molecule has 0 amide bonds. The van der Waals surface area contributed by atoms with Crippen molar-refractivity contribution in [1.29, 1.82) is 0 Å². The van der Waals surface area contributed by atoms with E-state index in [1.807, 2.05) is 72.8 Å². The van der Waals surface area contributed by atoms with Crippen molar-refractivity contribution < 1.29 is 26.3 Å². The van der Waals surface area contributed by atoms with Crippen LogP contribution in [0.15, 0.2) is 133 Å². The molecule has 0 unspecified atom stereocenters. The van der Waals surface area contributed by atoms with E-state index in [1.54, 1.807) is 0 Å². The Morgan fingerprint density at radius 3 is 0.786 bits per heavy atom. The zero-order chi connectivity index (χ0) is 29.5. The van der Waals surface area contributed by atoms with Gasteiger partial charge in [-0.1, -0.05) is 97.1 Å². The summed E-state index contributed by atoms with van der Waals surface area (Å²) in [6, 6.07) is 38.1. The van der Waals surface area contributed by atoms with Crippen LogP contribution in [0.25, 0.3) is 55.3 Å². The molecule has 6 aromatic rings. The first-order valence-electron chi connectivity index (χ1n) is 13.1. The molecular formula is C36H22F6. The SMILES string of the molecule is FC(F)(F)c1ccc(-c2ccc(-c3ccc4ccc(-c5ccc(-c6ccc(C(F)(F)F)cc6)cc5)cc4c3)cc2)cc1. The van der Waals surface area contributed by atoms with E-state index in [-0.39, 0.29) is 0 Å². The van der Waals surface area contributed by atoms with Crippen LogP contribution in [0, 0.1) is 0 Å². The van der Waals surface area contributed by atoms with E-state index >= 15 is 0 Å². The number of fused-ring (bicyclic) bond motifs is 1. The van der Waals surface area contributed by atoms with Gasteiger partial charge in [-0.05, 0) is 91.7 Å². The molecule has 0 nitrogen and oxygen atoms in total. The summed E-state index contributed by atoms with van der Waals surface area (Å²) in [5, 5.41) is 2.12. The molecule has 42 heavy (non-hydrogen) atoms. The Hall–Kier alpha value is -4.84. The lowest BCUT2D eigenvalue weighted by atomic mass is 9.95. The van der Waals surface area contributed by atoms with Gasteiger partial charge in [0, 0.05) is 0 Å². The Morgan fingerprint density at radius 2 is 0.500 bits per heavy atom. The summed E-state index contributed by atoms with van der Waals surface area (Å²) in [5.74, 6) is 0. The molecule has 0 saturated heterocycles. The fourth-order valence-corrected chi connectivity index (χ4v) is 5.02. The minimum Gasteiger partial charge on any atom is -0.166 e. The van der Waals surface area contributed by atoms with Crippen molar-refractivity contribution in [2.75, 3.05) is 0 Å². The number of hydrogen-bond acceptors (Lipinski definition) is 0. The van der Waals surface area contributed by atoms with Crippen LogP contribution in [0.5, 0.6) is 0 Å². The maximum absolute atomic E-state index is 12.9. The topological polar surface area (TPSA) is 0 Å². The summed E-state index contributed by atoms with van der Waals surface area (Å²) in [6.07, 6.45) is -8.73. The number of benzene rings is 6. The van der Waals surface area contributed by atoms with E-state index < -0.39 is 23.5 Å². The summed E-state index contributed by atoms with van der Waals surface area (Å²) in [5.41, 5.74) is 5.72. The van der Waals surface area contributed by atoms with Gasteiger partial charge in [0.2, 0.25) is 0 Å². The summed E-state index contributed by atoms with van der Waals surface area (Å²) < 4.78 is 77.3. The molecule has 6 rings (SSSR count). The fraction of sp³-hybridized carbons (Fsp3) is 0.0556. The van der Waals surface area contributed by atoms with Crippen LogP contribution in [0.4, 0.5) is 26.3 Å². The van der Waals surface area contributed by atoms with Gasteiger partial charge in [-0.2, -0.15) is 26.3 Å². The van der Waals surface area contributed by atoms with E-state index in [0.29, 0.717) is 11.1 Å². The smallest absolute Gasteiger partial charge is 0.166 e. The van der Waals surface area contributed by atoms with Crippen molar-refractivity contribution in [3.8, 4) is 44.5 Å². The first kappa shape index (κ1) is 27.3. The van der Waals surface area contributed by atoms with E-state index in [1.165, 1.54) is 24.3 Å². The largest absolute Gasteiger partial charge is 0.416 e. The van der Waals surface area contributed by atoms with Crippen LogP contribution in [0.1, 0.15) is 11.1 Å². The Labute approximate surface area is 238 Å². The molecule has 0 aliphatic heterocycles. The lowest BCUT2D eigenvalue weighted by molar-refractivity contribution is -0.138. The number of rotatable bonds is 4. The van der Waals surface area contributed by atoms with Gasteiger partial charge in [0.1, 0.15) is 0 Å². The summed E-state index contributed by atoms with van der Waals surface area (Å²) in [4.78, 5) is 0. The zero-order valence-electron chi connectivity index (χ0n) is 22.0. The minimum absolute atomic E-state index is 0.673. The summed E-state index contributed by atoms with van der Waals surface area (Å²) in [7, 11) is 0. The van der Waals surface area contributed by atoms with E-state index in [9.17, 15) is 26.3 Å². The Bertz CT molecular complexity index is 1710. The summed E-state index contributed by atoms with van der Waals surface area (Å²) >= 11 is 0. The molecule has 6 aromatic carbocycles. The number of alkyl halides is 6. The fourth-order valence-electron chi connectivity index (χ4n) is 5.02. The minimum atomic E-state index is -4.36. The molecule has 0 aliphatic rings. The predicted molar refractivity (Wildman–Crippen MR) is 156 cm³/mol. The van der Waals surface area contributed by atoms with Gasteiger partial charge in [-0.25, -0.2) is 0 Å². The first-order valence-corrected chi connectivity index (χ1v) is 13.1. The Morgan fingerprint density at radius 1 is 0.262 bits per heavy atom. The molecule has 6 heteroatoms. The van der Waals surface area contributed by atoms with Crippen molar-refractivity contribution >= 4 is 10.8 Å². The van der Waals surface area contributed by atoms with Crippen molar-refractivity contribution in [3.63, 3.8) is 0 Å². The average molecular weight is 569 g/mol. The molecule has 0 aliphatic carbocycles. The monoisotopic (exact) mass is 568 g/mol. The van der Waals surface area contributed by atoms with Gasteiger partial charge in [-0.15, -0.1) is 0 Å². The third-order valence-electron chi connectivity index (χ3n) is 7.37. The number of hydrogen-bond donors (Lipinski definition) is 0. The van der Waals surface area contributed by atoms with Crippen molar-refractivity contribution in [2.45, 2.75) is 12.4 Å². The maximum Gasteiger partial charge on any atom is 0.416 e. The Balaban J connectivity index is 1.23. The van der Waals surface area contributed by atoms with E-state index in [0.717, 1.165) is 68.4 Å². The zero-order valence-corrected chi connectivity index (χ0v) is 22.0. The second kappa shape index (κ2) is 10.5. The lowest BCUT2D eigenvalue weighted by Crippen LogP contribution is -2.03. The van der Waals surface area contributed by atoms with Crippen molar-refractivity contribution in [3.05, 3.63) is 145 Å². The quantitative estimate of drug-likeness (QED) is 0.186. The highest BCUT2D eigenvalue weighted by atomic mass is 19.4. The van der Waals surface area contributed by atoms with Gasteiger partial charge in [-0.3, -0.25) is 0 Å². The summed E-state index contributed by atoms with van der Waals surface area (Å²) in [6.45, 7) is 0. The molecule has 0 saturated carbocycles. The standard InChI is InChI=1S/C36H22F6/c37-35(38,39)33-17-13-25(14-18-33)23-1-5-27(6-2-23)30-11-9-29-10-12-31(22-32(29)21-30)28-7-3-24(4-8-28)26-15-19-34(20-16-26)36(40,41)42/h1-22H. The highest BCUT2D eigenvalue weighted by Crippen LogP contribution is 2.34. The molecule has 208 valence electrons. The van der Waals surface area contributed by atoms with Crippen molar-refractivity contribution in [1.82, 2.24) is 0 Å². The molecule has 0 aromatic heterocycles. The van der Waals surface area contributed by atoms with Crippen LogP contribution < -0.4 is 0 Å². The molecule has 0 heterocycles. The lowest BCUT2D eigenvalue weighted by Gasteiger charge is -2.10. The first-order chi connectivity index (χ1) is 20.0. The van der Waals surface area contributed by atoms with Gasteiger partial charge in [0.25, 0.3) is 0 Å². The average Bonchev–Trinajstić information content (AvgIpc) is 3.00. The molecule has 0 spiro atoms. The normalized spacial score (nSPS) is 12.0. The highest BCUT2D eigenvalue weighted by Gasteiger charge is 2.30. The van der Waals surface area contributed by atoms with Crippen molar-refractivity contribution in [2.24, 2.45) is 0 Å². The van der Waals surface area contributed by atoms with Crippen LogP contribution in [-0.4, -0.2) is 0 Å². The van der Waals surface area contributed by atoms with Gasteiger partial charge < -0.3 is 0 Å². The Kier molecular flexibility index (Phi) is 6.85. The van der Waals surface area contributed by atoms with Crippen LogP contribution in [0.3, 0.4) is 0 Å². The van der Waals surface area contributed by atoms with Gasteiger partial charge >= 0.3 is 12.4 Å². The predicted octanol–water partition coefficient (Wildman–Crippen LogP) is 11.5. The molecule has 0 radical (unpaired) electrons. The van der Waals surface area contributed by atoms with Gasteiger partial charge in [0.05, 0.1) is 11.1 Å². The molecule has 0 atom stereocenters. The van der Waals surface area contributed by atoms with E-state index in [2.05, 4.69) is 12.1 Å². The molecular weight excluding hydrogens is 546 g/mol. The van der Waals surface area contributed by atoms with Crippen LogP contribution in [0.2, 0.25) is 0 Å². The van der Waals surface area contributed by atoms with Crippen LogP contribution in [-0.2, 0) is 12.4 Å². The third kappa shape index (κ3) is 5.66. The highest BCUT2D eigenvalue weighted by molar-refractivity contribution is 5.91. The second-order valence-corrected chi connectivity index (χ2v) is 10.1. The molecule has 0 bridgehead atoms. The second-order valence-electron chi connectivity index (χ2n) is 10.1. The maximum atomic E-state index is 12.9.